The second-order valence-corrected chi connectivity index (χ2v) is 3.43. The zero-order chi connectivity index (χ0) is 13.4. The molecular weight excluding hydrogens is 230 g/mol. The average Bonchev–Trinajstić information content (AvgIpc) is 2.42. The van der Waals surface area contributed by atoms with Crippen LogP contribution in [0.15, 0.2) is 30.8 Å². The van der Waals surface area contributed by atoms with Gasteiger partial charge in [-0.3, -0.25) is 9.59 Å². The van der Waals surface area contributed by atoms with Crippen molar-refractivity contribution in [3.63, 3.8) is 0 Å². The van der Waals surface area contributed by atoms with Crippen molar-refractivity contribution in [2.75, 3.05) is 6.54 Å². The first-order valence-corrected chi connectivity index (χ1v) is 5.32. The number of hydrogen-bond donors (Lipinski definition) is 2. The molecule has 0 aliphatic carbocycles. The molecular formula is C13H13N3O2. The number of benzene rings is 1. The van der Waals surface area contributed by atoms with Crippen LogP contribution in [0.5, 0.6) is 0 Å². The van der Waals surface area contributed by atoms with Crippen LogP contribution in [0, 0.1) is 11.3 Å². The largest absolute Gasteiger partial charge is 0.344 e. The molecule has 0 bridgehead atoms. The molecule has 18 heavy (non-hydrogen) atoms. The Kier molecular flexibility index (Phi) is 5.13. The minimum Gasteiger partial charge on any atom is -0.344 e. The van der Waals surface area contributed by atoms with Gasteiger partial charge in [-0.15, -0.1) is 0 Å². The number of nitrogens with one attached hydrogen (secondary N) is 2. The lowest BCUT2D eigenvalue weighted by Gasteiger charge is -2.07. The fourth-order valence-corrected chi connectivity index (χ4v) is 1.35. The minimum atomic E-state index is -0.812. The lowest BCUT2D eigenvalue weighted by atomic mass is 10.1. The standard InChI is InChI=1S/C13H13N3O2/c1-2-10-5-3-4-6-11(10)9-16-13(18)12(17)15-8-7-14/h2-6H,1,8-9H2,(H,15,17)(H,16,18). The Balaban J connectivity index is 2.55. The summed E-state index contributed by atoms with van der Waals surface area (Å²) in [6, 6.07) is 9.12. The van der Waals surface area contributed by atoms with Gasteiger partial charge in [0.25, 0.3) is 0 Å². The first-order valence-electron chi connectivity index (χ1n) is 5.32. The van der Waals surface area contributed by atoms with Crippen LogP contribution >= 0.6 is 0 Å². The molecule has 0 aromatic heterocycles. The van der Waals surface area contributed by atoms with Crippen molar-refractivity contribution in [3.8, 4) is 6.07 Å². The zero-order valence-corrected chi connectivity index (χ0v) is 9.77. The molecule has 5 heteroatoms. The molecule has 92 valence electrons. The quantitative estimate of drug-likeness (QED) is 0.599. The van der Waals surface area contributed by atoms with E-state index in [0.717, 1.165) is 11.1 Å². The zero-order valence-electron chi connectivity index (χ0n) is 9.77. The van der Waals surface area contributed by atoms with Crippen LogP contribution in [0.1, 0.15) is 11.1 Å². The lowest BCUT2D eigenvalue weighted by Crippen LogP contribution is -2.39. The molecule has 0 radical (unpaired) electrons. The molecule has 0 atom stereocenters. The van der Waals surface area contributed by atoms with Gasteiger partial charge in [-0.25, -0.2) is 0 Å². The fraction of sp³-hybridized carbons (Fsp3) is 0.154. The van der Waals surface area contributed by atoms with Crippen LogP contribution in [-0.2, 0) is 16.1 Å². The summed E-state index contributed by atoms with van der Waals surface area (Å²) in [4.78, 5) is 22.5. The normalized spacial score (nSPS) is 9.06. The van der Waals surface area contributed by atoms with Crippen molar-refractivity contribution in [1.82, 2.24) is 10.6 Å². The smallest absolute Gasteiger partial charge is 0.310 e. The minimum absolute atomic E-state index is 0.185. The molecule has 0 unspecified atom stereocenters. The molecule has 0 heterocycles. The molecule has 0 saturated carbocycles. The monoisotopic (exact) mass is 243 g/mol. The van der Waals surface area contributed by atoms with E-state index in [4.69, 9.17) is 5.26 Å². The summed E-state index contributed by atoms with van der Waals surface area (Å²) in [5.74, 6) is -1.57. The van der Waals surface area contributed by atoms with E-state index in [9.17, 15) is 9.59 Å². The Hall–Kier alpha value is -2.61. The van der Waals surface area contributed by atoms with Gasteiger partial charge >= 0.3 is 11.8 Å². The Morgan fingerprint density at radius 1 is 1.28 bits per heavy atom. The van der Waals surface area contributed by atoms with Gasteiger partial charge in [0.2, 0.25) is 0 Å². The van der Waals surface area contributed by atoms with Crippen LogP contribution < -0.4 is 10.6 Å². The van der Waals surface area contributed by atoms with Crippen molar-refractivity contribution < 1.29 is 9.59 Å². The van der Waals surface area contributed by atoms with Gasteiger partial charge in [0.15, 0.2) is 0 Å². The third-order valence-electron chi connectivity index (χ3n) is 2.25. The first-order chi connectivity index (χ1) is 8.69. The maximum absolute atomic E-state index is 11.4. The van der Waals surface area contributed by atoms with Crippen molar-refractivity contribution in [2.45, 2.75) is 6.54 Å². The van der Waals surface area contributed by atoms with Crippen molar-refractivity contribution in [2.24, 2.45) is 0 Å². The summed E-state index contributed by atoms with van der Waals surface area (Å²) in [5.41, 5.74) is 1.77. The van der Waals surface area contributed by atoms with Crippen molar-refractivity contribution in [3.05, 3.63) is 42.0 Å². The summed E-state index contributed by atoms with van der Waals surface area (Å²) in [5, 5.41) is 12.9. The first kappa shape index (κ1) is 13.5. The van der Waals surface area contributed by atoms with E-state index >= 15 is 0 Å². The molecule has 1 aromatic carbocycles. The number of hydrogen-bond acceptors (Lipinski definition) is 3. The highest BCUT2D eigenvalue weighted by molar-refractivity contribution is 6.35. The van der Waals surface area contributed by atoms with Crippen LogP contribution in [0.4, 0.5) is 0 Å². The SMILES string of the molecule is C=Cc1ccccc1CNC(=O)C(=O)NCC#N. The summed E-state index contributed by atoms with van der Waals surface area (Å²) < 4.78 is 0. The van der Waals surface area contributed by atoms with Gasteiger partial charge in [0.1, 0.15) is 6.54 Å². The number of rotatable bonds is 4. The van der Waals surface area contributed by atoms with Gasteiger partial charge in [0.05, 0.1) is 6.07 Å². The van der Waals surface area contributed by atoms with Crippen molar-refractivity contribution >= 4 is 17.9 Å². The Labute approximate surface area is 105 Å². The Morgan fingerprint density at radius 2 is 1.94 bits per heavy atom. The number of amides is 2. The van der Waals surface area contributed by atoms with Gasteiger partial charge < -0.3 is 10.6 Å². The van der Waals surface area contributed by atoms with Gasteiger partial charge in [-0.05, 0) is 11.1 Å². The topological polar surface area (TPSA) is 82.0 Å². The number of carbonyl (C=O) groups excluding carboxylic acids is 2. The highest BCUT2D eigenvalue weighted by atomic mass is 16.2. The van der Waals surface area contributed by atoms with Gasteiger partial charge in [-0.1, -0.05) is 36.9 Å². The fourth-order valence-electron chi connectivity index (χ4n) is 1.35. The van der Waals surface area contributed by atoms with Crippen LogP contribution in [-0.4, -0.2) is 18.4 Å². The van der Waals surface area contributed by atoms with Gasteiger partial charge in [0, 0.05) is 6.54 Å². The maximum Gasteiger partial charge on any atom is 0.310 e. The molecule has 2 amide bonds. The summed E-state index contributed by atoms with van der Waals surface area (Å²) in [6.45, 7) is 3.72. The second-order valence-electron chi connectivity index (χ2n) is 3.43. The van der Waals surface area contributed by atoms with E-state index in [1.807, 2.05) is 24.3 Å². The third-order valence-corrected chi connectivity index (χ3v) is 2.25. The van der Waals surface area contributed by atoms with E-state index in [1.54, 1.807) is 12.1 Å². The Bertz CT molecular complexity index is 503. The van der Waals surface area contributed by atoms with Crippen LogP contribution in [0.25, 0.3) is 6.08 Å². The summed E-state index contributed by atoms with van der Waals surface area (Å²) in [6.07, 6.45) is 1.68. The van der Waals surface area contributed by atoms with E-state index in [-0.39, 0.29) is 13.1 Å². The second kappa shape index (κ2) is 6.86. The van der Waals surface area contributed by atoms with Gasteiger partial charge in [-0.2, -0.15) is 5.26 Å². The number of carbonyl (C=O) groups is 2. The predicted molar refractivity (Wildman–Crippen MR) is 67.0 cm³/mol. The molecule has 0 aliphatic rings. The van der Waals surface area contributed by atoms with Crippen molar-refractivity contribution in [1.29, 1.82) is 5.26 Å². The molecule has 0 fully saturated rings. The highest BCUT2D eigenvalue weighted by Crippen LogP contribution is 2.09. The molecule has 0 saturated heterocycles. The molecule has 0 spiro atoms. The molecule has 1 aromatic rings. The molecule has 0 aliphatic heterocycles. The molecule has 1 rings (SSSR count). The predicted octanol–water partition coefficient (Wildman–Crippen LogP) is 0.586. The highest BCUT2D eigenvalue weighted by Gasteiger charge is 2.12. The number of nitriles is 1. The van der Waals surface area contributed by atoms with Crippen LogP contribution in [0.2, 0.25) is 0 Å². The van der Waals surface area contributed by atoms with E-state index in [2.05, 4.69) is 17.2 Å². The van der Waals surface area contributed by atoms with Crippen LogP contribution in [0.3, 0.4) is 0 Å². The van der Waals surface area contributed by atoms with E-state index in [1.165, 1.54) is 0 Å². The number of nitrogens with zero attached hydrogens (tertiary/aromatic N) is 1. The maximum atomic E-state index is 11.4. The Morgan fingerprint density at radius 3 is 2.61 bits per heavy atom. The van der Waals surface area contributed by atoms with E-state index in [0.29, 0.717) is 0 Å². The summed E-state index contributed by atoms with van der Waals surface area (Å²) in [7, 11) is 0. The third kappa shape index (κ3) is 3.76. The average molecular weight is 243 g/mol. The summed E-state index contributed by atoms with van der Waals surface area (Å²) >= 11 is 0. The molecule has 2 N–H and O–H groups in total. The lowest BCUT2D eigenvalue weighted by molar-refractivity contribution is -0.139. The molecule has 5 nitrogen and oxygen atoms in total. The van der Waals surface area contributed by atoms with E-state index < -0.39 is 11.8 Å².